The number of halogens is 1. The topological polar surface area (TPSA) is 64.7 Å². The van der Waals surface area contributed by atoms with Crippen LogP contribution in [0, 0.1) is 12.7 Å². The van der Waals surface area contributed by atoms with Crippen LogP contribution in [0.4, 0.5) is 26.2 Å². The Balaban J connectivity index is 1.61. The number of carbonyl (C=O) groups excluding carboxylic acids is 2. The van der Waals surface area contributed by atoms with Gasteiger partial charge in [0.25, 0.3) is 0 Å². The molecule has 1 heterocycles. The van der Waals surface area contributed by atoms with Crippen molar-refractivity contribution in [2.24, 2.45) is 0 Å². The number of amides is 3. The van der Waals surface area contributed by atoms with E-state index in [9.17, 15) is 14.0 Å². The van der Waals surface area contributed by atoms with Gasteiger partial charge in [-0.05, 0) is 62.7 Å². The van der Waals surface area contributed by atoms with Gasteiger partial charge < -0.3 is 20.4 Å². The number of nitrogens with zero attached hydrogens (tertiary/aromatic N) is 2. The van der Waals surface area contributed by atoms with Crippen LogP contribution in [0.15, 0.2) is 42.5 Å². The second-order valence-corrected chi connectivity index (χ2v) is 7.16. The van der Waals surface area contributed by atoms with Gasteiger partial charge in [-0.2, -0.15) is 0 Å². The third-order valence-electron chi connectivity index (χ3n) is 5.17. The van der Waals surface area contributed by atoms with Crippen molar-refractivity contribution in [2.45, 2.75) is 33.2 Å². The highest BCUT2D eigenvalue weighted by Crippen LogP contribution is 2.24. The summed E-state index contributed by atoms with van der Waals surface area (Å²) < 4.78 is 13.4. The second kappa shape index (κ2) is 8.94. The van der Waals surface area contributed by atoms with E-state index in [1.807, 2.05) is 25.1 Å². The molecule has 0 unspecified atom stereocenters. The van der Waals surface area contributed by atoms with Crippen LogP contribution in [0.5, 0.6) is 0 Å². The van der Waals surface area contributed by atoms with E-state index in [-0.39, 0.29) is 24.4 Å². The maximum atomic E-state index is 13.4. The Morgan fingerprint density at radius 2 is 1.97 bits per heavy atom. The van der Waals surface area contributed by atoms with E-state index >= 15 is 0 Å². The number of carbonyl (C=O) groups is 2. The molecule has 154 valence electrons. The van der Waals surface area contributed by atoms with Gasteiger partial charge in [-0.25, -0.2) is 9.18 Å². The SMILES string of the molecule is CCN(CC)c1ccc(NC(=O)N[C@@H]2CC(=O)N(c3cccc(F)c3)C2)c(C)c1. The number of nitrogens with one attached hydrogen (secondary N) is 2. The van der Waals surface area contributed by atoms with Gasteiger partial charge >= 0.3 is 6.03 Å². The van der Waals surface area contributed by atoms with Crippen LogP contribution >= 0.6 is 0 Å². The van der Waals surface area contributed by atoms with Crippen molar-refractivity contribution < 1.29 is 14.0 Å². The summed E-state index contributed by atoms with van der Waals surface area (Å²) in [7, 11) is 0. The van der Waals surface area contributed by atoms with E-state index in [4.69, 9.17) is 0 Å². The van der Waals surface area contributed by atoms with Crippen LogP contribution in [0.1, 0.15) is 25.8 Å². The van der Waals surface area contributed by atoms with Gasteiger partial charge in [0.15, 0.2) is 0 Å². The molecule has 0 saturated carbocycles. The van der Waals surface area contributed by atoms with Gasteiger partial charge in [-0.15, -0.1) is 0 Å². The zero-order chi connectivity index (χ0) is 21.0. The van der Waals surface area contributed by atoms with Crippen molar-refractivity contribution in [2.75, 3.05) is 34.8 Å². The van der Waals surface area contributed by atoms with Crippen molar-refractivity contribution in [1.82, 2.24) is 5.32 Å². The first-order chi connectivity index (χ1) is 13.9. The molecule has 3 amide bonds. The van der Waals surface area contributed by atoms with Crippen LogP contribution in [0.2, 0.25) is 0 Å². The molecule has 1 fully saturated rings. The number of aryl methyl sites for hydroxylation is 1. The van der Waals surface area contributed by atoms with Gasteiger partial charge in [0.05, 0.1) is 6.04 Å². The summed E-state index contributed by atoms with van der Waals surface area (Å²) in [5, 5.41) is 5.70. The molecule has 7 heteroatoms. The monoisotopic (exact) mass is 398 g/mol. The van der Waals surface area contributed by atoms with Gasteiger partial charge in [-0.1, -0.05) is 6.07 Å². The molecule has 3 rings (SSSR count). The van der Waals surface area contributed by atoms with Crippen LogP contribution in [-0.4, -0.2) is 37.6 Å². The predicted octanol–water partition coefficient (Wildman–Crippen LogP) is 3.91. The smallest absolute Gasteiger partial charge is 0.319 e. The minimum absolute atomic E-state index is 0.138. The lowest BCUT2D eigenvalue weighted by atomic mass is 10.1. The minimum atomic E-state index is -0.395. The van der Waals surface area contributed by atoms with Gasteiger partial charge in [-0.3, -0.25) is 4.79 Å². The van der Waals surface area contributed by atoms with Crippen molar-refractivity contribution in [3.05, 3.63) is 53.8 Å². The first kappa shape index (κ1) is 20.6. The fourth-order valence-corrected chi connectivity index (χ4v) is 3.62. The Morgan fingerprint density at radius 3 is 2.62 bits per heavy atom. The lowest BCUT2D eigenvalue weighted by Crippen LogP contribution is -2.39. The summed E-state index contributed by atoms with van der Waals surface area (Å²) in [6, 6.07) is 11.1. The third kappa shape index (κ3) is 4.85. The maximum Gasteiger partial charge on any atom is 0.319 e. The quantitative estimate of drug-likeness (QED) is 0.776. The highest BCUT2D eigenvalue weighted by atomic mass is 19.1. The summed E-state index contributed by atoms with van der Waals surface area (Å²) in [5.41, 5.74) is 3.31. The lowest BCUT2D eigenvalue weighted by molar-refractivity contribution is -0.117. The molecule has 0 radical (unpaired) electrons. The molecule has 1 aliphatic rings. The van der Waals surface area contributed by atoms with E-state index in [0.29, 0.717) is 12.2 Å². The van der Waals surface area contributed by atoms with Gasteiger partial charge in [0.1, 0.15) is 5.82 Å². The summed E-state index contributed by atoms with van der Waals surface area (Å²) in [5.74, 6) is -0.534. The molecule has 0 spiro atoms. The third-order valence-corrected chi connectivity index (χ3v) is 5.17. The van der Waals surface area contributed by atoms with Crippen molar-refractivity contribution in [3.8, 4) is 0 Å². The number of benzene rings is 2. The van der Waals surface area contributed by atoms with Crippen LogP contribution in [0.3, 0.4) is 0 Å². The molecular formula is C22H27FN4O2. The van der Waals surface area contributed by atoms with E-state index in [1.165, 1.54) is 17.0 Å². The first-order valence-corrected chi connectivity index (χ1v) is 9.90. The number of anilines is 3. The van der Waals surface area contributed by atoms with E-state index in [0.717, 1.165) is 30.0 Å². The van der Waals surface area contributed by atoms with Gasteiger partial charge in [0, 0.05) is 43.1 Å². The molecule has 1 atom stereocenters. The minimum Gasteiger partial charge on any atom is -0.372 e. The van der Waals surface area contributed by atoms with E-state index < -0.39 is 5.82 Å². The lowest BCUT2D eigenvalue weighted by Gasteiger charge is -2.22. The predicted molar refractivity (Wildman–Crippen MR) is 114 cm³/mol. The Morgan fingerprint density at radius 1 is 1.21 bits per heavy atom. The molecule has 6 nitrogen and oxygen atoms in total. The average Bonchev–Trinajstić information content (AvgIpc) is 3.05. The van der Waals surface area contributed by atoms with Crippen molar-refractivity contribution in [1.29, 1.82) is 0 Å². The first-order valence-electron chi connectivity index (χ1n) is 9.90. The zero-order valence-electron chi connectivity index (χ0n) is 17.0. The molecule has 0 aromatic heterocycles. The highest BCUT2D eigenvalue weighted by molar-refractivity contribution is 5.97. The molecule has 2 aromatic rings. The van der Waals surface area contributed by atoms with Gasteiger partial charge in [0.2, 0.25) is 5.91 Å². The number of hydrogen-bond donors (Lipinski definition) is 2. The highest BCUT2D eigenvalue weighted by Gasteiger charge is 2.31. The fourth-order valence-electron chi connectivity index (χ4n) is 3.62. The molecule has 2 aromatic carbocycles. The molecule has 0 aliphatic carbocycles. The normalized spacial score (nSPS) is 16.1. The summed E-state index contributed by atoms with van der Waals surface area (Å²) in [6.45, 7) is 8.31. The van der Waals surface area contributed by atoms with E-state index in [1.54, 1.807) is 12.1 Å². The number of hydrogen-bond acceptors (Lipinski definition) is 3. The van der Waals surface area contributed by atoms with Crippen LogP contribution < -0.4 is 20.4 Å². The molecule has 1 aliphatic heterocycles. The Bertz CT molecular complexity index is 898. The summed E-state index contributed by atoms with van der Waals surface area (Å²) >= 11 is 0. The zero-order valence-corrected chi connectivity index (χ0v) is 17.0. The van der Waals surface area contributed by atoms with Crippen LogP contribution in [0.25, 0.3) is 0 Å². The number of urea groups is 1. The average molecular weight is 398 g/mol. The maximum absolute atomic E-state index is 13.4. The molecule has 0 bridgehead atoms. The molecule has 2 N–H and O–H groups in total. The number of rotatable bonds is 6. The molecule has 29 heavy (non-hydrogen) atoms. The van der Waals surface area contributed by atoms with Crippen molar-refractivity contribution >= 4 is 29.0 Å². The Kier molecular flexibility index (Phi) is 6.36. The largest absolute Gasteiger partial charge is 0.372 e. The summed E-state index contributed by atoms with van der Waals surface area (Å²) in [4.78, 5) is 28.4. The van der Waals surface area contributed by atoms with Crippen LogP contribution in [-0.2, 0) is 4.79 Å². The second-order valence-electron chi connectivity index (χ2n) is 7.16. The van der Waals surface area contributed by atoms with Crippen molar-refractivity contribution in [3.63, 3.8) is 0 Å². The summed E-state index contributed by atoms with van der Waals surface area (Å²) in [6.07, 6.45) is 0.184. The molecular weight excluding hydrogens is 371 g/mol. The fraction of sp³-hybridized carbons (Fsp3) is 0.364. The van der Waals surface area contributed by atoms with E-state index in [2.05, 4.69) is 29.4 Å². The Hall–Kier alpha value is -3.09. The molecule has 1 saturated heterocycles. The standard InChI is InChI=1S/C22H27FN4O2/c1-4-26(5-2)18-9-10-20(15(3)11-18)25-22(29)24-17-13-21(28)27(14-17)19-8-6-7-16(23)12-19/h6-12,17H,4-5,13-14H2,1-3H3,(H2,24,25,29)/t17-/m1/s1. The Labute approximate surface area is 170 Å².